The van der Waals surface area contributed by atoms with E-state index in [-0.39, 0.29) is 12.4 Å². The molecule has 0 fully saturated rings. The van der Waals surface area contributed by atoms with Crippen molar-refractivity contribution in [3.8, 4) is 0 Å². The maximum absolute atomic E-state index is 6.16. The van der Waals surface area contributed by atoms with Crippen molar-refractivity contribution in [2.75, 3.05) is 5.73 Å². The maximum Gasteiger partial charge on any atom is 0.0565 e. The highest BCUT2D eigenvalue weighted by Gasteiger charge is 2.05. The van der Waals surface area contributed by atoms with Crippen LogP contribution >= 0.6 is 35.8 Å². The van der Waals surface area contributed by atoms with E-state index in [0.717, 1.165) is 4.90 Å². The van der Waals surface area contributed by atoms with Crippen molar-refractivity contribution in [1.29, 1.82) is 0 Å². The number of anilines is 1. The molecule has 18 heavy (non-hydrogen) atoms. The van der Waals surface area contributed by atoms with E-state index in [9.17, 15) is 0 Å². The number of halogens is 2. The van der Waals surface area contributed by atoms with Crippen LogP contribution in [0.25, 0.3) is 0 Å². The number of nitrogen functional groups attached to an aromatic ring is 1. The highest BCUT2D eigenvalue weighted by atomic mass is 35.5. The summed E-state index contributed by atoms with van der Waals surface area (Å²) in [6, 6.07) is 12.0. The molecule has 2 N–H and O–H groups in total. The number of hydrogen-bond acceptors (Lipinski definition) is 2. The summed E-state index contributed by atoms with van der Waals surface area (Å²) in [7, 11) is 0. The first-order chi connectivity index (χ1) is 8.06. The molecule has 0 bridgehead atoms. The molecule has 0 aliphatic rings. The summed E-state index contributed by atoms with van der Waals surface area (Å²) in [5.41, 5.74) is 8.91. The minimum absolute atomic E-state index is 0. The van der Waals surface area contributed by atoms with Gasteiger partial charge in [0.1, 0.15) is 0 Å². The summed E-state index contributed by atoms with van der Waals surface area (Å²) in [5, 5.41) is 0.704. The number of hydrogen-bond donors (Lipinski definition) is 1. The monoisotopic (exact) mass is 299 g/mol. The Bertz CT molecular complexity index is 506. The van der Waals surface area contributed by atoms with Crippen LogP contribution in [0, 0.1) is 13.8 Å². The van der Waals surface area contributed by atoms with Crippen molar-refractivity contribution in [2.24, 2.45) is 0 Å². The normalized spacial score (nSPS) is 9.94. The predicted molar refractivity (Wildman–Crippen MR) is 83.2 cm³/mol. The average Bonchev–Trinajstić information content (AvgIpc) is 2.25. The minimum Gasteiger partial charge on any atom is -0.399 e. The van der Waals surface area contributed by atoms with Crippen LogP contribution in [0.4, 0.5) is 5.69 Å². The molecule has 0 atom stereocenters. The molecule has 0 saturated carbocycles. The summed E-state index contributed by atoms with van der Waals surface area (Å²) in [5.74, 6) is 0. The highest BCUT2D eigenvalue weighted by Crippen LogP contribution is 2.36. The van der Waals surface area contributed by atoms with Crippen molar-refractivity contribution >= 4 is 41.5 Å². The largest absolute Gasteiger partial charge is 0.399 e. The second-order valence-corrected chi connectivity index (χ2v) is 5.55. The fourth-order valence-electron chi connectivity index (χ4n) is 1.63. The lowest BCUT2D eigenvalue weighted by Gasteiger charge is -2.08. The lowest BCUT2D eigenvalue weighted by Crippen LogP contribution is -1.86. The van der Waals surface area contributed by atoms with E-state index in [0.29, 0.717) is 10.7 Å². The number of aryl methyl sites for hydroxylation is 2. The van der Waals surface area contributed by atoms with E-state index < -0.39 is 0 Å². The number of nitrogens with two attached hydrogens (primary N) is 1. The first-order valence-corrected chi connectivity index (χ1v) is 6.56. The predicted octanol–water partition coefficient (Wildman–Crippen LogP) is 5.11. The second-order valence-electron chi connectivity index (χ2n) is 4.06. The van der Waals surface area contributed by atoms with E-state index in [1.54, 1.807) is 17.8 Å². The first kappa shape index (κ1) is 15.2. The molecule has 2 rings (SSSR count). The van der Waals surface area contributed by atoms with Gasteiger partial charge in [-0.3, -0.25) is 0 Å². The third-order valence-electron chi connectivity index (χ3n) is 2.51. The van der Waals surface area contributed by atoms with E-state index in [2.05, 4.69) is 32.0 Å². The Hall–Kier alpha value is -0.830. The molecule has 0 aliphatic heterocycles. The van der Waals surface area contributed by atoms with Crippen molar-refractivity contribution in [1.82, 2.24) is 0 Å². The quantitative estimate of drug-likeness (QED) is 0.780. The van der Waals surface area contributed by atoms with Crippen LogP contribution in [0.1, 0.15) is 11.1 Å². The van der Waals surface area contributed by atoms with Crippen LogP contribution in [0.3, 0.4) is 0 Å². The maximum atomic E-state index is 6.16. The Morgan fingerprint density at radius 2 is 1.67 bits per heavy atom. The zero-order valence-electron chi connectivity index (χ0n) is 10.2. The standard InChI is InChI=1S/C14H14ClNS.ClH/c1-9-3-5-13(10(2)7-9)17-14-6-4-11(16)8-12(14)15;/h3-8H,16H2,1-2H3;1H. The topological polar surface area (TPSA) is 26.0 Å². The molecule has 2 aromatic carbocycles. The van der Waals surface area contributed by atoms with Gasteiger partial charge in [-0.15, -0.1) is 12.4 Å². The van der Waals surface area contributed by atoms with Crippen LogP contribution in [0.15, 0.2) is 46.2 Å². The van der Waals surface area contributed by atoms with Crippen LogP contribution in [-0.2, 0) is 0 Å². The van der Waals surface area contributed by atoms with Gasteiger partial charge in [0.25, 0.3) is 0 Å². The van der Waals surface area contributed by atoms with Gasteiger partial charge in [0.2, 0.25) is 0 Å². The van der Waals surface area contributed by atoms with Gasteiger partial charge in [0, 0.05) is 15.5 Å². The fourth-order valence-corrected chi connectivity index (χ4v) is 2.82. The lowest BCUT2D eigenvalue weighted by molar-refractivity contribution is 1.26. The van der Waals surface area contributed by atoms with Gasteiger partial charge in [0.05, 0.1) is 5.02 Å². The Morgan fingerprint density at radius 3 is 2.28 bits per heavy atom. The van der Waals surface area contributed by atoms with Gasteiger partial charge >= 0.3 is 0 Å². The Kier molecular flexibility index (Phi) is 5.39. The average molecular weight is 300 g/mol. The molecule has 1 nitrogen and oxygen atoms in total. The van der Waals surface area contributed by atoms with Gasteiger partial charge in [-0.25, -0.2) is 0 Å². The summed E-state index contributed by atoms with van der Waals surface area (Å²) in [4.78, 5) is 2.26. The van der Waals surface area contributed by atoms with E-state index in [4.69, 9.17) is 17.3 Å². The van der Waals surface area contributed by atoms with Crippen molar-refractivity contribution < 1.29 is 0 Å². The number of rotatable bonds is 2. The highest BCUT2D eigenvalue weighted by molar-refractivity contribution is 7.99. The van der Waals surface area contributed by atoms with Crippen molar-refractivity contribution in [2.45, 2.75) is 23.6 Å². The van der Waals surface area contributed by atoms with Crippen molar-refractivity contribution in [3.05, 3.63) is 52.5 Å². The summed E-state index contributed by atoms with van der Waals surface area (Å²) in [6.45, 7) is 4.21. The molecule has 0 aliphatic carbocycles. The van der Waals surface area contributed by atoms with Crippen LogP contribution in [0.5, 0.6) is 0 Å². The molecular weight excluding hydrogens is 285 g/mol. The molecule has 0 aromatic heterocycles. The molecule has 4 heteroatoms. The zero-order chi connectivity index (χ0) is 12.4. The number of benzene rings is 2. The van der Waals surface area contributed by atoms with Crippen LogP contribution in [0.2, 0.25) is 5.02 Å². The molecule has 0 amide bonds. The second kappa shape index (κ2) is 6.37. The van der Waals surface area contributed by atoms with Gasteiger partial charge in [0.15, 0.2) is 0 Å². The molecule has 96 valence electrons. The van der Waals surface area contributed by atoms with Gasteiger partial charge in [-0.2, -0.15) is 0 Å². The van der Waals surface area contributed by atoms with Gasteiger partial charge in [-0.05, 0) is 43.7 Å². The summed E-state index contributed by atoms with van der Waals surface area (Å²) in [6.07, 6.45) is 0. The molecule has 0 unspecified atom stereocenters. The molecule has 2 aromatic rings. The lowest BCUT2D eigenvalue weighted by atomic mass is 10.2. The first-order valence-electron chi connectivity index (χ1n) is 5.36. The fraction of sp³-hybridized carbons (Fsp3) is 0.143. The van der Waals surface area contributed by atoms with E-state index in [1.165, 1.54) is 16.0 Å². The Balaban J connectivity index is 0.00000162. The third-order valence-corrected chi connectivity index (χ3v) is 4.18. The molecule has 0 heterocycles. The van der Waals surface area contributed by atoms with E-state index >= 15 is 0 Å². The third kappa shape index (κ3) is 3.58. The summed E-state index contributed by atoms with van der Waals surface area (Å²) >= 11 is 7.83. The smallest absolute Gasteiger partial charge is 0.0565 e. The molecule has 0 radical (unpaired) electrons. The van der Waals surface area contributed by atoms with Crippen molar-refractivity contribution in [3.63, 3.8) is 0 Å². The Morgan fingerprint density at radius 1 is 1.00 bits per heavy atom. The van der Waals surface area contributed by atoms with Crippen LogP contribution < -0.4 is 5.73 Å². The molecule has 0 spiro atoms. The SMILES string of the molecule is Cc1ccc(Sc2ccc(N)cc2Cl)c(C)c1.Cl. The van der Waals surface area contributed by atoms with Gasteiger partial charge < -0.3 is 5.73 Å². The molecule has 0 saturated heterocycles. The van der Waals surface area contributed by atoms with E-state index in [1.807, 2.05) is 12.1 Å². The van der Waals surface area contributed by atoms with Gasteiger partial charge in [-0.1, -0.05) is 41.1 Å². The Labute approximate surface area is 123 Å². The minimum atomic E-state index is 0. The van der Waals surface area contributed by atoms with Crippen LogP contribution in [-0.4, -0.2) is 0 Å². The zero-order valence-corrected chi connectivity index (χ0v) is 12.6. The molecular formula is C14H15Cl2NS. The summed E-state index contributed by atoms with van der Waals surface area (Å²) < 4.78 is 0.